The van der Waals surface area contributed by atoms with Crippen LogP contribution >= 0.6 is 11.3 Å². The third-order valence-electron chi connectivity index (χ3n) is 5.61. The second kappa shape index (κ2) is 9.72. The van der Waals surface area contributed by atoms with Gasteiger partial charge in [-0.1, -0.05) is 30.3 Å². The largest absolute Gasteiger partial charge is 0.463 e. The molecule has 1 saturated heterocycles. The van der Waals surface area contributed by atoms with Gasteiger partial charge in [0.05, 0.1) is 24.7 Å². The standard InChI is InChI=1S/C23H27N3O4S/c1-16-17(2)31-22-21(16)23(28)26(15-24-22)9-8-20(27)30-14-19-13-25(10-11-29-19)12-18-6-4-3-5-7-18/h3-7,15,19H,8-14H2,1-2H3. The molecule has 1 aromatic carbocycles. The molecular formula is C23H27N3O4S. The fourth-order valence-corrected chi connectivity index (χ4v) is 4.75. The van der Waals surface area contributed by atoms with Crippen molar-refractivity contribution >= 4 is 27.5 Å². The zero-order chi connectivity index (χ0) is 21.8. The van der Waals surface area contributed by atoms with Gasteiger partial charge in [0.1, 0.15) is 17.5 Å². The van der Waals surface area contributed by atoms with Crippen LogP contribution in [0.5, 0.6) is 0 Å². The number of hydrogen-bond donors (Lipinski definition) is 0. The number of hydrogen-bond acceptors (Lipinski definition) is 7. The number of esters is 1. The predicted molar refractivity (Wildman–Crippen MR) is 120 cm³/mol. The van der Waals surface area contributed by atoms with Gasteiger partial charge in [0.2, 0.25) is 0 Å². The van der Waals surface area contributed by atoms with Crippen LogP contribution in [0.15, 0.2) is 41.5 Å². The van der Waals surface area contributed by atoms with Crippen LogP contribution in [0.1, 0.15) is 22.4 Å². The predicted octanol–water partition coefficient (Wildman–Crippen LogP) is 2.91. The van der Waals surface area contributed by atoms with Crippen molar-refractivity contribution in [3.05, 3.63) is 63.0 Å². The van der Waals surface area contributed by atoms with Gasteiger partial charge in [0.25, 0.3) is 5.56 Å². The highest BCUT2D eigenvalue weighted by molar-refractivity contribution is 7.18. The monoisotopic (exact) mass is 441 g/mol. The van der Waals surface area contributed by atoms with Crippen molar-refractivity contribution in [1.29, 1.82) is 0 Å². The first-order valence-electron chi connectivity index (χ1n) is 10.5. The van der Waals surface area contributed by atoms with Crippen LogP contribution < -0.4 is 5.56 Å². The van der Waals surface area contributed by atoms with Crippen LogP contribution in [-0.2, 0) is 27.4 Å². The Balaban J connectivity index is 1.27. The van der Waals surface area contributed by atoms with Crippen LogP contribution in [0, 0.1) is 13.8 Å². The van der Waals surface area contributed by atoms with E-state index in [1.807, 2.05) is 32.0 Å². The molecule has 1 unspecified atom stereocenters. The van der Waals surface area contributed by atoms with Gasteiger partial charge in [-0.3, -0.25) is 19.1 Å². The summed E-state index contributed by atoms with van der Waals surface area (Å²) in [4.78, 5) is 33.5. The Morgan fingerprint density at radius 1 is 1.29 bits per heavy atom. The number of fused-ring (bicyclic) bond motifs is 1. The zero-order valence-electron chi connectivity index (χ0n) is 17.9. The Kier molecular flexibility index (Phi) is 6.80. The first-order valence-corrected chi connectivity index (χ1v) is 11.3. The van der Waals surface area contributed by atoms with E-state index >= 15 is 0 Å². The number of nitrogens with zero attached hydrogens (tertiary/aromatic N) is 3. The van der Waals surface area contributed by atoms with Crippen molar-refractivity contribution in [2.24, 2.45) is 0 Å². The molecule has 1 atom stereocenters. The Labute approximate surface area is 185 Å². The molecule has 0 N–H and O–H groups in total. The number of rotatable bonds is 7. The molecule has 8 heteroatoms. The van der Waals surface area contributed by atoms with E-state index in [0.717, 1.165) is 34.9 Å². The van der Waals surface area contributed by atoms with E-state index in [1.54, 1.807) is 0 Å². The summed E-state index contributed by atoms with van der Waals surface area (Å²) in [7, 11) is 0. The molecule has 3 aromatic rings. The van der Waals surface area contributed by atoms with E-state index in [0.29, 0.717) is 12.0 Å². The maximum absolute atomic E-state index is 12.7. The van der Waals surface area contributed by atoms with Gasteiger partial charge in [0.15, 0.2) is 0 Å². The first-order chi connectivity index (χ1) is 15.0. The maximum Gasteiger partial charge on any atom is 0.307 e. The molecule has 0 radical (unpaired) electrons. The molecule has 7 nitrogen and oxygen atoms in total. The number of morpholine rings is 1. The number of carbonyl (C=O) groups excluding carboxylic acids is 1. The summed E-state index contributed by atoms with van der Waals surface area (Å²) >= 11 is 1.52. The van der Waals surface area contributed by atoms with Gasteiger partial charge < -0.3 is 9.47 Å². The van der Waals surface area contributed by atoms with Crippen LogP contribution in [0.25, 0.3) is 10.2 Å². The minimum Gasteiger partial charge on any atom is -0.463 e. The van der Waals surface area contributed by atoms with E-state index in [1.165, 1.54) is 27.8 Å². The van der Waals surface area contributed by atoms with Crippen molar-refractivity contribution in [1.82, 2.24) is 14.5 Å². The highest BCUT2D eigenvalue weighted by Crippen LogP contribution is 2.25. The molecule has 2 aromatic heterocycles. The smallest absolute Gasteiger partial charge is 0.307 e. The molecule has 3 heterocycles. The lowest BCUT2D eigenvalue weighted by Gasteiger charge is -2.32. The molecular weight excluding hydrogens is 414 g/mol. The Morgan fingerprint density at radius 3 is 2.90 bits per heavy atom. The van der Waals surface area contributed by atoms with E-state index in [9.17, 15) is 9.59 Å². The molecule has 4 rings (SSSR count). The Bertz CT molecular complexity index is 1110. The van der Waals surface area contributed by atoms with E-state index in [2.05, 4.69) is 22.0 Å². The van der Waals surface area contributed by atoms with E-state index in [4.69, 9.17) is 9.47 Å². The lowest BCUT2D eigenvalue weighted by Crippen LogP contribution is -2.44. The topological polar surface area (TPSA) is 73.7 Å². The van der Waals surface area contributed by atoms with Gasteiger partial charge in [-0.25, -0.2) is 4.98 Å². The maximum atomic E-state index is 12.7. The van der Waals surface area contributed by atoms with Crippen molar-refractivity contribution in [3.63, 3.8) is 0 Å². The Hall–Kier alpha value is -2.55. The molecule has 0 bridgehead atoms. The normalized spacial score (nSPS) is 17.2. The molecule has 31 heavy (non-hydrogen) atoms. The van der Waals surface area contributed by atoms with Crippen molar-refractivity contribution in [3.8, 4) is 0 Å². The summed E-state index contributed by atoms with van der Waals surface area (Å²) in [6.45, 7) is 7.44. The summed E-state index contributed by atoms with van der Waals surface area (Å²) in [6, 6.07) is 10.3. The number of aromatic nitrogens is 2. The van der Waals surface area contributed by atoms with E-state index < -0.39 is 0 Å². The summed E-state index contributed by atoms with van der Waals surface area (Å²) in [5, 5.41) is 0.646. The van der Waals surface area contributed by atoms with Gasteiger partial charge in [-0.15, -0.1) is 11.3 Å². The fraction of sp³-hybridized carbons (Fsp3) is 0.435. The van der Waals surface area contributed by atoms with Crippen LogP contribution in [0.3, 0.4) is 0 Å². The van der Waals surface area contributed by atoms with Gasteiger partial charge in [-0.05, 0) is 25.0 Å². The van der Waals surface area contributed by atoms with Crippen LogP contribution in [0.2, 0.25) is 0 Å². The van der Waals surface area contributed by atoms with Crippen molar-refractivity contribution in [2.45, 2.75) is 39.5 Å². The van der Waals surface area contributed by atoms with Gasteiger partial charge in [-0.2, -0.15) is 0 Å². The van der Waals surface area contributed by atoms with E-state index in [-0.39, 0.29) is 37.2 Å². The molecule has 0 amide bonds. The first kappa shape index (κ1) is 21.7. The third kappa shape index (κ3) is 5.20. The lowest BCUT2D eigenvalue weighted by atomic mass is 10.2. The van der Waals surface area contributed by atoms with Gasteiger partial charge >= 0.3 is 5.97 Å². The molecule has 1 fully saturated rings. The average Bonchev–Trinajstić information content (AvgIpc) is 3.07. The Morgan fingerprint density at radius 2 is 2.10 bits per heavy atom. The highest BCUT2D eigenvalue weighted by Gasteiger charge is 2.22. The number of carbonyl (C=O) groups is 1. The summed E-state index contributed by atoms with van der Waals surface area (Å²) < 4.78 is 12.7. The molecule has 0 spiro atoms. The molecule has 1 aliphatic rings. The number of thiophene rings is 1. The minimum atomic E-state index is -0.339. The summed E-state index contributed by atoms with van der Waals surface area (Å²) in [6.07, 6.45) is 1.49. The third-order valence-corrected chi connectivity index (χ3v) is 6.73. The number of benzene rings is 1. The average molecular weight is 442 g/mol. The fourth-order valence-electron chi connectivity index (χ4n) is 3.77. The van der Waals surface area contributed by atoms with Crippen molar-refractivity contribution in [2.75, 3.05) is 26.3 Å². The second-order valence-corrected chi connectivity index (χ2v) is 9.06. The van der Waals surface area contributed by atoms with Crippen LogP contribution in [0.4, 0.5) is 0 Å². The summed E-state index contributed by atoms with van der Waals surface area (Å²) in [5.74, 6) is -0.339. The zero-order valence-corrected chi connectivity index (χ0v) is 18.7. The molecule has 0 saturated carbocycles. The van der Waals surface area contributed by atoms with Crippen LogP contribution in [-0.4, -0.2) is 52.8 Å². The number of ether oxygens (including phenoxy) is 2. The SMILES string of the molecule is Cc1sc2ncn(CCC(=O)OCC3CN(Cc4ccccc4)CCO3)c(=O)c2c1C. The second-order valence-electron chi connectivity index (χ2n) is 7.85. The molecule has 1 aliphatic heterocycles. The number of aryl methyl sites for hydroxylation is 3. The lowest BCUT2D eigenvalue weighted by molar-refractivity contribution is -0.150. The quantitative estimate of drug-likeness (QED) is 0.525. The van der Waals surface area contributed by atoms with Gasteiger partial charge in [0, 0.05) is 31.1 Å². The molecule has 0 aliphatic carbocycles. The minimum absolute atomic E-state index is 0.105. The van der Waals surface area contributed by atoms with Crippen molar-refractivity contribution < 1.29 is 14.3 Å². The summed E-state index contributed by atoms with van der Waals surface area (Å²) in [5.41, 5.74) is 2.11. The highest BCUT2D eigenvalue weighted by atomic mass is 32.1. The molecule has 164 valence electrons.